The molecule has 148 valence electrons. The monoisotopic (exact) mass is 396 g/mol. The lowest BCUT2D eigenvalue weighted by Crippen LogP contribution is -2.00. The Morgan fingerprint density at radius 3 is 2.67 bits per heavy atom. The zero-order valence-corrected chi connectivity index (χ0v) is 16.1. The van der Waals surface area contributed by atoms with E-state index in [1.54, 1.807) is 18.2 Å². The van der Waals surface area contributed by atoms with Gasteiger partial charge in [-0.15, -0.1) is 0 Å². The van der Waals surface area contributed by atoms with Gasteiger partial charge >= 0.3 is 0 Å². The third kappa shape index (κ3) is 4.44. The van der Waals surface area contributed by atoms with E-state index in [-0.39, 0.29) is 5.75 Å². The third-order valence-corrected chi connectivity index (χ3v) is 4.36. The molecule has 6 nitrogen and oxygen atoms in total. The van der Waals surface area contributed by atoms with E-state index in [1.807, 2.05) is 66.9 Å². The van der Waals surface area contributed by atoms with E-state index in [1.165, 1.54) is 12.6 Å². The quantitative estimate of drug-likeness (QED) is 0.554. The van der Waals surface area contributed by atoms with Gasteiger partial charge in [-0.3, -0.25) is 4.99 Å². The number of anilines is 2. The highest BCUT2D eigenvalue weighted by Gasteiger charge is 2.14. The fourth-order valence-electron chi connectivity index (χ4n) is 2.92. The van der Waals surface area contributed by atoms with E-state index in [0.29, 0.717) is 29.0 Å². The number of benzene rings is 2. The van der Waals surface area contributed by atoms with Gasteiger partial charge in [0, 0.05) is 17.5 Å². The Bertz CT molecular complexity index is 1190. The number of para-hydroxylation sites is 1. The summed E-state index contributed by atoms with van der Waals surface area (Å²) in [6.45, 7) is 0.566. The van der Waals surface area contributed by atoms with Gasteiger partial charge in [-0.2, -0.15) is 0 Å². The topological polar surface area (TPSA) is 79.6 Å². The Labute approximate surface area is 174 Å². The summed E-state index contributed by atoms with van der Waals surface area (Å²) >= 11 is 0. The van der Waals surface area contributed by atoms with E-state index in [2.05, 4.69) is 20.3 Å². The highest BCUT2D eigenvalue weighted by atomic mass is 16.5. The second kappa shape index (κ2) is 9.34. The minimum Gasteiger partial charge on any atom is -0.504 e. The van der Waals surface area contributed by atoms with Crippen LogP contribution in [-0.4, -0.2) is 27.8 Å². The fraction of sp³-hybridized carbons (Fsp3) is 0.0417. The molecule has 2 bridgehead atoms. The molecule has 0 fully saturated rings. The number of hydrogen-bond donors (Lipinski definition) is 2. The maximum absolute atomic E-state index is 10.8. The first-order valence-corrected chi connectivity index (χ1v) is 9.47. The summed E-state index contributed by atoms with van der Waals surface area (Å²) in [4.78, 5) is 13.1. The average Bonchev–Trinajstić information content (AvgIpc) is 2.76. The van der Waals surface area contributed by atoms with Crippen LogP contribution in [0.15, 0.2) is 96.5 Å². The number of aliphatic imine (C=N–C) groups is 1. The van der Waals surface area contributed by atoms with Crippen LogP contribution in [0.3, 0.4) is 0 Å². The van der Waals surface area contributed by atoms with Gasteiger partial charge in [0.2, 0.25) is 0 Å². The van der Waals surface area contributed by atoms with Crippen LogP contribution in [0.5, 0.6) is 11.5 Å². The molecule has 30 heavy (non-hydrogen) atoms. The number of aromatic nitrogens is 2. The van der Waals surface area contributed by atoms with Crippen molar-refractivity contribution in [1.82, 2.24) is 9.97 Å². The molecular weight excluding hydrogens is 376 g/mol. The van der Waals surface area contributed by atoms with Gasteiger partial charge in [0.25, 0.3) is 0 Å². The van der Waals surface area contributed by atoms with Crippen molar-refractivity contribution in [2.75, 3.05) is 11.9 Å². The van der Waals surface area contributed by atoms with Gasteiger partial charge < -0.3 is 15.2 Å². The molecular formula is C24H20N4O2. The maximum Gasteiger partial charge on any atom is 0.171 e. The molecule has 1 aromatic heterocycles. The summed E-state index contributed by atoms with van der Waals surface area (Å²) < 4.78 is 5.61. The van der Waals surface area contributed by atoms with Crippen LogP contribution < -0.4 is 10.1 Å². The molecule has 6 heteroatoms. The summed E-state index contributed by atoms with van der Waals surface area (Å²) in [5.41, 5.74) is 2.33. The first-order chi connectivity index (χ1) is 14.8. The van der Waals surface area contributed by atoms with Crippen molar-refractivity contribution < 1.29 is 9.84 Å². The van der Waals surface area contributed by atoms with Crippen molar-refractivity contribution in [3.05, 3.63) is 97.1 Å². The molecule has 4 rings (SSSR count). The number of nitrogens with one attached hydrogen (secondary N) is 1. The zero-order chi connectivity index (χ0) is 20.6. The molecule has 2 N–H and O–H groups in total. The largest absolute Gasteiger partial charge is 0.504 e. The van der Waals surface area contributed by atoms with E-state index in [4.69, 9.17) is 4.74 Å². The average molecular weight is 396 g/mol. The number of nitrogens with zero attached hydrogens (tertiary/aromatic N) is 3. The lowest BCUT2D eigenvalue weighted by atomic mass is 10.1. The minimum atomic E-state index is -0.0302. The number of ether oxygens (including phenoxy) is 1. The van der Waals surface area contributed by atoms with Crippen molar-refractivity contribution >= 4 is 28.6 Å². The number of fused-ring (bicyclic) bond motifs is 2. The van der Waals surface area contributed by atoms with Crippen LogP contribution in [0.4, 0.5) is 11.5 Å². The molecule has 0 amide bonds. The molecule has 0 spiro atoms. The van der Waals surface area contributed by atoms with Gasteiger partial charge in [-0.25, -0.2) is 9.97 Å². The number of aromatic hydroxyl groups is 1. The normalized spacial score (nSPS) is 13.9. The predicted octanol–water partition coefficient (Wildman–Crippen LogP) is 5.07. The van der Waals surface area contributed by atoms with Crippen molar-refractivity contribution in [1.29, 1.82) is 0 Å². The van der Waals surface area contributed by atoms with E-state index < -0.39 is 0 Å². The predicted molar refractivity (Wildman–Crippen MR) is 121 cm³/mol. The maximum atomic E-state index is 10.8. The number of phenolic OH excluding ortho intramolecular Hbond substituents is 1. The Morgan fingerprint density at radius 1 is 0.900 bits per heavy atom. The Morgan fingerprint density at radius 2 is 1.73 bits per heavy atom. The molecule has 0 aliphatic carbocycles. The number of phenols is 1. The lowest BCUT2D eigenvalue weighted by Gasteiger charge is -2.13. The zero-order valence-electron chi connectivity index (χ0n) is 16.1. The fourth-order valence-corrected chi connectivity index (χ4v) is 2.92. The minimum absolute atomic E-state index is 0.0302. The lowest BCUT2D eigenvalue weighted by molar-refractivity contribution is 0.415. The summed E-state index contributed by atoms with van der Waals surface area (Å²) in [7, 11) is 0. The van der Waals surface area contributed by atoms with Crippen molar-refractivity contribution in [3.8, 4) is 11.5 Å². The molecule has 0 unspecified atom stereocenters. The SMILES string of the molecule is Oc1c2ccc3ncnc(c13)Nc1ccccc1C=NCC=CC=CC=CC=CO2. The first-order valence-electron chi connectivity index (χ1n) is 9.47. The van der Waals surface area contributed by atoms with Crippen LogP contribution in [-0.2, 0) is 0 Å². The van der Waals surface area contributed by atoms with E-state index in [9.17, 15) is 5.11 Å². The van der Waals surface area contributed by atoms with Gasteiger partial charge in [0.1, 0.15) is 12.1 Å². The van der Waals surface area contributed by atoms with Crippen molar-refractivity contribution in [2.45, 2.75) is 0 Å². The highest BCUT2D eigenvalue weighted by Crippen LogP contribution is 2.38. The summed E-state index contributed by atoms with van der Waals surface area (Å²) in [5.74, 6) is 0.767. The summed E-state index contributed by atoms with van der Waals surface area (Å²) in [6, 6.07) is 11.2. The van der Waals surface area contributed by atoms with Crippen molar-refractivity contribution in [3.63, 3.8) is 0 Å². The number of hydrogen-bond acceptors (Lipinski definition) is 6. The van der Waals surface area contributed by atoms with Crippen LogP contribution >= 0.6 is 0 Å². The van der Waals surface area contributed by atoms with E-state index >= 15 is 0 Å². The molecule has 1 aliphatic rings. The van der Waals surface area contributed by atoms with Crippen LogP contribution in [0.1, 0.15) is 5.56 Å². The molecule has 2 aromatic carbocycles. The third-order valence-electron chi connectivity index (χ3n) is 4.36. The molecule has 2 heterocycles. The van der Waals surface area contributed by atoms with Crippen LogP contribution in [0.25, 0.3) is 10.9 Å². The molecule has 0 saturated heterocycles. The molecule has 3 aromatic rings. The smallest absolute Gasteiger partial charge is 0.171 e. The second-order valence-corrected chi connectivity index (χ2v) is 6.38. The van der Waals surface area contributed by atoms with Gasteiger partial charge in [-0.05, 0) is 24.3 Å². The van der Waals surface area contributed by atoms with Gasteiger partial charge in [-0.1, -0.05) is 54.7 Å². The Kier molecular flexibility index (Phi) is 5.96. The summed E-state index contributed by atoms with van der Waals surface area (Å²) in [5, 5.41) is 14.6. The molecule has 0 atom stereocenters. The molecule has 0 radical (unpaired) electrons. The molecule has 1 aliphatic heterocycles. The van der Waals surface area contributed by atoms with Crippen LogP contribution in [0.2, 0.25) is 0 Å². The van der Waals surface area contributed by atoms with Crippen molar-refractivity contribution in [2.24, 2.45) is 4.99 Å². The summed E-state index contributed by atoms with van der Waals surface area (Å²) in [6.07, 6.45) is 18.0. The van der Waals surface area contributed by atoms with E-state index in [0.717, 1.165) is 11.3 Å². The molecule has 0 saturated carbocycles. The highest BCUT2D eigenvalue weighted by molar-refractivity contribution is 5.99. The van der Waals surface area contributed by atoms with Gasteiger partial charge in [0.15, 0.2) is 11.5 Å². The second-order valence-electron chi connectivity index (χ2n) is 6.38. The van der Waals surface area contributed by atoms with Crippen LogP contribution in [0, 0.1) is 0 Å². The van der Waals surface area contributed by atoms with Gasteiger partial charge in [0.05, 0.1) is 23.7 Å². The number of rotatable bonds is 0. The standard InChI is InChI=1S/C24H20N4O2/c29-23-21-13-12-20-22(23)24(27-17-26-20)28-19-11-7-6-10-18(19)16-25-14-8-4-2-1-3-5-9-15-30-21/h1-13,15-17,29H,14H2,(H,26,27,28). The number of allylic oxidation sites excluding steroid dienone is 6. The Balaban J connectivity index is 1.81. The first kappa shape index (κ1) is 19.1. The Hall–Kier alpha value is -4.19.